The molecule has 0 aromatic heterocycles. The number of morpholine rings is 1. The molecule has 12 heteroatoms. The quantitative estimate of drug-likeness (QED) is 0.379. The van der Waals surface area contributed by atoms with Gasteiger partial charge in [0.1, 0.15) is 10.7 Å². The maximum atomic E-state index is 14.4. The van der Waals surface area contributed by atoms with Crippen LogP contribution < -0.4 is 10.6 Å². The normalized spacial score (nSPS) is 14.7. The fourth-order valence-corrected chi connectivity index (χ4v) is 5.54. The van der Waals surface area contributed by atoms with Gasteiger partial charge in [-0.05, 0) is 42.8 Å². The maximum Gasteiger partial charge on any atom is 0.338 e. The SMILES string of the molecule is CC(NC(=O)c1ccccc1NC(=O)COC(=O)c1ccc(F)c(S(=O)(=O)N2CCOCC2)c1)c1ccccc1. The average Bonchev–Trinajstić information content (AvgIpc) is 2.97. The number of benzene rings is 3. The molecule has 0 bridgehead atoms. The van der Waals surface area contributed by atoms with Gasteiger partial charge in [-0.1, -0.05) is 42.5 Å². The zero-order valence-corrected chi connectivity index (χ0v) is 22.4. The molecule has 0 spiro atoms. The van der Waals surface area contributed by atoms with E-state index < -0.39 is 45.1 Å². The van der Waals surface area contributed by atoms with Crippen molar-refractivity contribution in [2.45, 2.75) is 17.9 Å². The number of para-hydroxylation sites is 1. The summed E-state index contributed by atoms with van der Waals surface area (Å²) in [6.07, 6.45) is 0. The topological polar surface area (TPSA) is 131 Å². The van der Waals surface area contributed by atoms with Gasteiger partial charge in [0.2, 0.25) is 10.0 Å². The largest absolute Gasteiger partial charge is 0.452 e. The molecule has 3 aromatic carbocycles. The third-order valence-electron chi connectivity index (χ3n) is 6.18. The van der Waals surface area contributed by atoms with Crippen LogP contribution >= 0.6 is 0 Å². The number of sulfonamides is 1. The Balaban J connectivity index is 1.39. The van der Waals surface area contributed by atoms with E-state index in [1.165, 1.54) is 6.07 Å². The highest BCUT2D eigenvalue weighted by atomic mass is 32.2. The predicted molar refractivity (Wildman–Crippen MR) is 144 cm³/mol. The molecule has 0 radical (unpaired) electrons. The Morgan fingerprint density at radius 2 is 1.68 bits per heavy atom. The summed E-state index contributed by atoms with van der Waals surface area (Å²) in [6, 6.07) is 18.3. The minimum absolute atomic E-state index is 0.0568. The van der Waals surface area contributed by atoms with E-state index in [4.69, 9.17) is 9.47 Å². The van der Waals surface area contributed by atoms with Crippen molar-refractivity contribution in [3.05, 3.63) is 95.3 Å². The Morgan fingerprint density at radius 3 is 2.40 bits per heavy atom. The Bertz CT molecular complexity index is 1490. The summed E-state index contributed by atoms with van der Waals surface area (Å²) in [6.45, 7) is 1.57. The van der Waals surface area contributed by atoms with Crippen LogP contribution in [0.2, 0.25) is 0 Å². The van der Waals surface area contributed by atoms with E-state index >= 15 is 0 Å². The third-order valence-corrected chi connectivity index (χ3v) is 8.10. The molecule has 10 nitrogen and oxygen atoms in total. The molecule has 2 amide bonds. The lowest BCUT2D eigenvalue weighted by Gasteiger charge is -2.26. The number of nitrogens with zero attached hydrogens (tertiary/aromatic N) is 1. The lowest BCUT2D eigenvalue weighted by Crippen LogP contribution is -2.41. The summed E-state index contributed by atoms with van der Waals surface area (Å²) in [5.41, 5.74) is 1.09. The van der Waals surface area contributed by atoms with Crippen molar-refractivity contribution < 1.29 is 36.7 Å². The lowest BCUT2D eigenvalue weighted by molar-refractivity contribution is -0.119. The first kappa shape index (κ1) is 28.9. The maximum absolute atomic E-state index is 14.4. The highest BCUT2D eigenvalue weighted by Gasteiger charge is 2.30. The number of esters is 1. The molecule has 40 heavy (non-hydrogen) atoms. The molecule has 1 atom stereocenters. The van der Waals surface area contributed by atoms with Gasteiger partial charge in [0.25, 0.3) is 11.8 Å². The van der Waals surface area contributed by atoms with Crippen molar-refractivity contribution in [2.24, 2.45) is 0 Å². The number of carbonyl (C=O) groups excluding carboxylic acids is 3. The van der Waals surface area contributed by atoms with Gasteiger partial charge in [0.05, 0.1) is 36.1 Å². The van der Waals surface area contributed by atoms with Crippen molar-refractivity contribution in [3.63, 3.8) is 0 Å². The average molecular weight is 570 g/mol. The molecule has 1 fully saturated rings. The van der Waals surface area contributed by atoms with Crippen LogP contribution in [0.25, 0.3) is 0 Å². The highest BCUT2D eigenvalue weighted by molar-refractivity contribution is 7.89. The standard InChI is InChI=1S/C28H28FN3O7S/c1-19(20-7-3-2-4-8-20)30-27(34)22-9-5-6-10-24(22)31-26(33)18-39-28(35)21-11-12-23(29)25(17-21)40(36,37)32-13-15-38-16-14-32/h2-12,17,19H,13-16,18H2,1H3,(H,30,34)(H,31,33). The number of hydrogen-bond acceptors (Lipinski definition) is 7. The lowest BCUT2D eigenvalue weighted by atomic mass is 10.1. The van der Waals surface area contributed by atoms with Crippen LogP contribution in [0.15, 0.2) is 77.7 Å². The number of nitrogens with one attached hydrogen (secondary N) is 2. The Kier molecular flexibility index (Phi) is 9.25. The number of anilines is 1. The number of amides is 2. The van der Waals surface area contributed by atoms with E-state index in [1.54, 1.807) is 18.2 Å². The molecule has 210 valence electrons. The Labute approximate surface area is 231 Å². The zero-order chi connectivity index (χ0) is 28.7. The van der Waals surface area contributed by atoms with Crippen molar-refractivity contribution >= 4 is 33.5 Å². The van der Waals surface area contributed by atoms with Crippen LogP contribution in [-0.4, -0.2) is 63.4 Å². The van der Waals surface area contributed by atoms with E-state index in [2.05, 4.69) is 10.6 Å². The van der Waals surface area contributed by atoms with E-state index in [-0.39, 0.29) is 49.2 Å². The van der Waals surface area contributed by atoms with E-state index in [1.807, 2.05) is 37.3 Å². The minimum atomic E-state index is -4.21. The van der Waals surface area contributed by atoms with Gasteiger partial charge in [0, 0.05) is 13.1 Å². The summed E-state index contributed by atoms with van der Waals surface area (Å²) in [5, 5.41) is 5.43. The predicted octanol–water partition coefficient (Wildman–Crippen LogP) is 3.13. The van der Waals surface area contributed by atoms with Crippen molar-refractivity contribution in [3.8, 4) is 0 Å². The second-order valence-corrected chi connectivity index (χ2v) is 10.8. The summed E-state index contributed by atoms with van der Waals surface area (Å²) < 4.78 is 51.4. The van der Waals surface area contributed by atoms with Gasteiger partial charge < -0.3 is 20.1 Å². The monoisotopic (exact) mass is 569 g/mol. The molecule has 3 aromatic rings. The molecule has 4 rings (SSSR count). The molecule has 1 unspecified atom stereocenters. The first-order valence-corrected chi connectivity index (χ1v) is 13.9. The number of hydrogen-bond donors (Lipinski definition) is 2. The van der Waals surface area contributed by atoms with Gasteiger partial charge in [0.15, 0.2) is 6.61 Å². The van der Waals surface area contributed by atoms with E-state index in [0.29, 0.717) is 0 Å². The van der Waals surface area contributed by atoms with E-state index in [9.17, 15) is 27.2 Å². The van der Waals surface area contributed by atoms with Crippen LogP contribution in [0.1, 0.15) is 39.2 Å². The first-order chi connectivity index (χ1) is 19.2. The molecule has 0 saturated carbocycles. The molecule has 1 heterocycles. The van der Waals surface area contributed by atoms with Gasteiger partial charge >= 0.3 is 5.97 Å². The highest BCUT2D eigenvalue weighted by Crippen LogP contribution is 2.23. The summed E-state index contributed by atoms with van der Waals surface area (Å²) >= 11 is 0. The first-order valence-electron chi connectivity index (χ1n) is 12.5. The smallest absolute Gasteiger partial charge is 0.338 e. The number of halogens is 1. The van der Waals surface area contributed by atoms with Crippen LogP contribution in [0.3, 0.4) is 0 Å². The molecule has 0 aliphatic carbocycles. The third kappa shape index (κ3) is 6.89. The second kappa shape index (κ2) is 12.8. The van der Waals surface area contributed by atoms with Gasteiger partial charge in [-0.15, -0.1) is 0 Å². The van der Waals surface area contributed by atoms with Crippen molar-refractivity contribution in [2.75, 3.05) is 38.2 Å². The number of ether oxygens (including phenoxy) is 2. The Morgan fingerprint density at radius 1 is 1.00 bits per heavy atom. The Hall–Kier alpha value is -4.13. The fourth-order valence-electron chi connectivity index (χ4n) is 4.04. The number of carbonyl (C=O) groups is 3. The molecule has 1 aliphatic heterocycles. The van der Waals surface area contributed by atoms with Crippen LogP contribution in [-0.2, 0) is 24.3 Å². The molecule has 2 N–H and O–H groups in total. The summed E-state index contributed by atoms with van der Waals surface area (Å²) in [7, 11) is -4.21. The summed E-state index contributed by atoms with van der Waals surface area (Å²) in [5.74, 6) is -3.17. The van der Waals surface area contributed by atoms with Crippen LogP contribution in [0, 0.1) is 5.82 Å². The molecule has 1 aliphatic rings. The molecular formula is C28H28FN3O7S. The minimum Gasteiger partial charge on any atom is -0.452 e. The number of rotatable bonds is 9. The second-order valence-electron chi connectivity index (χ2n) is 8.94. The fraction of sp³-hybridized carbons (Fsp3) is 0.250. The van der Waals surface area contributed by atoms with Crippen LogP contribution in [0.5, 0.6) is 0 Å². The van der Waals surface area contributed by atoms with Crippen molar-refractivity contribution in [1.82, 2.24) is 9.62 Å². The molecule has 1 saturated heterocycles. The van der Waals surface area contributed by atoms with Crippen molar-refractivity contribution in [1.29, 1.82) is 0 Å². The van der Waals surface area contributed by atoms with Gasteiger partial charge in [-0.2, -0.15) is 4.31 Å². The van der Waals surface area contributed by atoms with Gasteiger partial charge in [-0.25, -0.2) is 17.6 Å². The van der Waals surface area contributed by atoms with Gasteiger partial charge in [-0.3, -0.25) is 9.59 Å². The van der Waals surface area contributed by atoms with Crippen LogP contribution in [0.4, 0.5) is 10.1 Å². The zero-order valence-electron chi connectivity index (χ0n) is 21.6. The summed E-state index contributed by atoms with van der Waals surface area (Å²) in [4.78, 5) is 37.4. The molecular weight excluding hydrogens is 541 g/mol. The van der Waals surface area contributed by atoms with E-state index in [0.717, 1.165) is 28.1 Å².